The molecule has 0 aromatic carbocycles. The van der Waals surface area contributed by atoms with Crippen LogP contribution in [0.5, 0.6) is 0 Å². The number of amidine groups is 2. The van der Waals surface area contributed by atoms with Gasteiger partial charge in [0.05, 0.1) is 5.75 Å². The SMILES string of the molecule is O/N=C1/CSC2=NCCCN21. The first-order valence-electron chi connectivity index (χ1n) is 3.57. The number of aliphatic imine (C=N–C) groups is 1. The van der Waals surface area contributed by atoms with Gasteiger partial charge in [-0.05, 0) is 6.42 Å². The molecule has 0 bridgehead atoms. The van der Waals surface area contributed by atoms with Crippen molar-refractivity contribution in [3.8, 4) is 0 Å². The van der Waals surface area contributed by atoms with E-state index < -0.39 is 0 Å². The summed E-state index contributed by atoms with van der Waals surface area (Å²) in [4.78, 5) is 6.28. The third-order valence-corrected chi connectivity index (χ3v) is 2.79. The molecule has 2 heterocycles. The molecule has 2 aliphatic heterocycles. The van der Waals surface area contributed by atoms with Gasteiger partial charge >= 0.3 is 0 Å². The van der Waals surface area contributed by atoms with Crippen molar-refractivity contribution in [3.63, 3.8) is 0 Å². The Hall–Kier alpha value is -0.710. The summed E-state index contributed by atoms with van der Waals surface area (Å²) in [6.07, 6.45) is 1.06. The Balaban J connectivity index is 2.24. The van der Waals surface area contributed by atoms with Gasteiger partial charge in [-0.25, -0.2) is 0 Å². The van der Waals surface area contributed by atoms with Gasteiger partial charge in [0.15, 0.2) is 11.0 Å². The van der Waals surface area contributed by atoms with E-state index in [4.69, 9.17) is 5.21 Å². The molecule has 1 fully saturated rings. The average molecular weight is 171 g/mol. The number of fused-ring (bicyclic) bond motifs is 1. The number of hydrogen-bond donors (Lipinski definition) is 1. The second kappa shape index (κ2) is 2.73. The van der Waals surface area contributed by atoms with Gasteiger partial charge in [0.25, 0.3) is 0 Å². The third kappa shape index (κ3) is 1.09. The van der Waals surface area contributed by atoms with E-state index in [9.17, 15) is 0 Å². The molecule has 0 saturated carbocycles. The molecule has 0 radical (unpaired) electrons. The average Bonchev–Trinajstić information content (AvgIpc) is 2.47. The number of rotatable bonds is 0. The van der Waals surface area contributed by atoms with Crippen LogP contribution in [0, 0.1) is 0 Å². The van der Waals surface area contributed by atoms with Gasteiger partial charge in [-0.3, -0.25) is 4.99 Å². The second-order valence-electron chi connectivity index (χ2n) is 2.47. The molecule has 0 aliphatic carbocycles. The summed E-state index contributed by atoms with van der Waals surface area (Å²) in [7, 11) is 0. The predicted octanol–water partition coefficient (Wildman–Crippen LogP) is 0.583. The molecule has 2 rings (SSSR count). The fourth-order valence-corrected chi connectivity index (χ4v) is 2.24. The van der Waals surface area contributed by atoms with E-state index in [2.05, 4.69) is 10.1 Å². The summed E-state index contributed by atoms with van der Waals surface area (Å²) < 4.78 is 0. The topological polar surface area (TPSA) is 48.2 Å². The smallest absolute Gasteiger partial charge is 0.165 e. The minimum Gasteiger partial charge on any atom is -0.409 e. The van der Waals surface area contributed by atoms with Gasteiger partial charge in [-0.1, -0.05) is 16.9 Å². The Kier molecular flexibility index (Phi) is 1.73. The Morgan fingerprint density at radius 1 is 1.64 bits per heavy atom. The molecule has 0 aromatic rings. The molecule has 4 nitrogen and oxygen atoms in total. The van der Waals surface area contributed by atoms with E-state index in [0.717, 1.165) is 36.3 Å². The van der Waals surface area contributed by atoms with Crippen LogP contribution in [0.4, 0.5) is 0 Å². The van der Waals surface area contributed by atoms with E-state index in [0.29, 0.717) is 0 Å². The molecule has 5 heteroatoms. The van der Waals surface area contributed by atoms with E-state index in [1.807, 2.05) is 4.90 Å². The first-order valence-corrected chi connectivity index (χ1v) is 4.56. The summed E-state index contributed by atoms with van der Waals surface area (Å²) in [5, 5.41) is 12.8. The maximum Gasteiger partial charge on any atom is 0.165 e. The Labute approximate surface area is 69.0 Å². The van der Waals surface area contributed by atoms with Crippen molar-refractivity contribution in [1.29, 1.82) is 0 Å². The van der Waals surface area contributed by atoms with Crippen LogP contribution in [0.2, 0.25) is 0 Å². The Morgan fingerprint density at radius 3 is 3.36 bits per heavy atom. The van der Waals surface area contributed by atoms with E-state index >= 15 is 0 Å². The van der Waals surface area contributed by atoms with Crippen LogP contribution in [-0.2, 0) is 0 Å². The zero-order valence-corrected chi connectivity index (χ0v) is 6.84. The lowest BCUT2D eigenvalue weighted by molar-refractivity contribution is 0.310. The Morgan fingerprint density at radius 2 is 2.55 bits per heavy atom. The number of hydrogen-bond acceptors (Lipinski definition) is 4. The van der Waals surface area contributed by atoms with Gasteiger partial charge in [0.2, 0.25) is 0 Å². The van der Waals surface area contributed by atoms with Gasteiger partial charge in [-0.2, -0.15) is 0 Å². The molecule has 0 amide bonds. The molecule has 11 heavy (non-hydrogen) atoms. The van der Waals surface area contributed by atoms with Crippen molar-refractivity contribution in [3.05, 3.63) is 0 Å². The van der Waals surface area contributed by atoms with E-state index in [-0.39, 0.29) is 0 Å². The lowest BCUT2D eigenvalue weighted by Gasteiger charge is -2.20. The minimum atomic E-state index is 0.744. The fraction of sp³-hybridized carbons (Fsp3) is 0.667. The highest BCUT2D eigenvalue weighted by Gasteiger charge is 2.27. The summed E-state index contributed by atoms with van der Waals surface area (Å²) >= 11 is 1.64. The van der Waals surface area contributed by atoms with Crippen molar-refractivity contribution < 1.29 is 5.21 Å². The number of oxime groups is 1. The first kappa shape index (κ1) is 6.97. The van der Waals surface area contributed by atoms with Crippen LogP contribution in [0.1, 0.15) is 6.42 Å². The van der Waals surface area contributed by atoms with Crippen molar-refractivity contribution in [2.45, 2.75) is 6.42 Å². The van der Waals surface area contributed by atoms with Crippen LogP contribution in [0.3, 0.4) is 0 Å². The zero-order valence-electron chi connectivity index (χ0n) is 6.03. The maximum atomic E-state index is 8.58. The molecule has 60 valence electrons. The first-order chi connectivity index (χ1) is 5.42. The standard InChI is InChI=1S/C6H9N3OS/c10-8-5-4-11-6-7-2-1-3-9(5)6/h10H,1-4H2/b8-5-. The highest BCUT2D eigenvalue weighted by molar-refractivity contribution is 8.15. The van der Waals surface area contributed by atoms with Gasteiger partial charge < -0.3 is 10.1 Å². The fourth-order valence-electron chi connectivity index (χ4n) is 1.24. The molecule has 1 saturated heterocycles. The van der Waals surface area contributed by atoms with Crippen LogP contribution in [-0.4, -0.2) is 40.0 Å². The third-order valence-electron chi connectivity index (χ3n) is 1.78. The second-order valence-corrected chi connectivity index (χ2v) is 3.42. The lowest BCUT2D eigenvalue weighted by atomic mass is 10.3. The van der Waals surface area contributed by atoms with Crippen molar-refractivity contribution in [2.75, 3.05) is 18.8 Å². The van der Waals surface area contributed by atoms with E-state index in [1.54, 1.807) is 11.8 Å². The molecule has 0 spiro atoms. The largest absolute Gasteiger partial charge is 0.409 e. The van der Waals surface area contributed by atoms with Crippen LogP contribution < -0.4 is 0 Å². The highest BCUT2D eigenvalue weighted by atomic mass is 32.2. The Bertz CT molecular complexity index is 226. The summed E-state index contributed by atoms with van der Waals surface area (Å²) in [5.41, 5.74) is 0. The molecule has 1 N–H and O–H groups in total. The van der Waals surface area contributed by atoms with Crippen LogP contribution in [0.25, 0.3) is 0 Å². The normalized spacial score (nSPS) is 27.1. The monoisotopic (exact) mass is 171 g/mol. The summed E-state index contributed by atoms with van der Waals surface area (Å²) in [5.74, 6) is 1.50. The quantitative estimate of drug-likeness (QED) is 0.428. The van der Waals surface area contributed by atoms with Gasteiger partial charge in [0.1, 0.15) is 0 Å². The minimum absolute atomic E-state index is 0.744. The van der Waals surface area contributed by atoms with Gasteiger partial charge in [-0.15, -0.1) is 0 Å². The molecular weight excluding hydrogens is 162 g/mol. The van der Waals surface area contributed by atoms with Crippen LogP contribution >= 0.6 is 11.8 Å². The highest BCUT2D eigenvalue weighted by Crippen LogP contribution is 2.22. The molecule has 0 unspecified atom stereocenters. The molecular formula is C6H9N3OS. The molecule has 2 aliphatic rings. The van der Waals surface area contributed by atoms with Gasteiger partial charge in [0, 0.05) is 13.1 Å². The maximum absolute atomic E-state index is 8.58. The summed E-state index contributed by atoms with van der Waals surface area (Å²) in [6.45, 7) is 1.86. The van der Waals surface area contributed by atoms with Crippen molar-refractivity contribution >= 4 is 22.8 Å². The molecule has 0 atom stereocenters. The van der Waals surface area contributed by atoms with Crippen molar-refractivity contribution in [2.24, 2.45) is 10.1 Å². The predicted molar refractivity (Wildman–Crippen MR) is 45.3 cm³/mol. The van der Waals surface area contributed by atoms with E-state index in [1.165, 1.54) is 0 Å². The zero-order chi connectivity index (χ0) is 7.68. The van der Waals surface area contributed by atoms with Crippen molar-refractivity contribution in [1.82, 2.24) is 4.90 Å². The lowest BCUT2D eigenvalue weighted by Crippen LogP contribution is -2.33. The summed E-state index contributed by atoms with van der Waals surface area (Å²) in [6, 6.07) is 0. The molecule has 0 aromatic heterocycles. The van der Waals surface area contributed by atoms with Crippen LogP contribution in [0.15, 0.2) is 10.1 Å². The number of nitrogens with zero attached hydrogens (tertiary/aromatic N) is 3. The number of thioether (sulfide) groups is 1.